The second-order valence-electron chi connectivity index (χ2n) is 12.5. The Labute approximate surface area is 276 Å². The van der Waals surface area contributed by atoms with Crippen LogP contribution < -0.4 is 0 Å². The van der Waals surface area contributed by atoms with Gasteiger partial charge in [0.1, 0.15) is 0 Å². The summed E-state index contributed by atoms with van der Waals surface area (Å²) >= 11 is 0. The van der Waals surface area contributed by atoms with Gasteiger partial charge in [-0.1, -0.05) is 91.0 Å². The Bertz CT molecular complexity index is 2950. The Kier molecular flexibility index (Phi) is 5.64. The lowest BCUT2D eigenvalue weighted by molar-refractivity contribution is 1.18. The maximum atomic E-state index is 9.51. The Morgan fingerprint density at radius 3 is 1.58 bits per heavy atom. The first kappa shape index (κ1) is 26.6. The summed E-state index contributed by atoms with van der Waals surface area (Å²) in [6.07, 6.45) is 0. The van der Waals surface area contributed by atoms with Crippen LogP contribution in [0.5, 0.6) is 0 Å². The summed E-state index contributed by atoms with van der Waals surface area (Å²) in [6, 6.07) is 60.9. The van der Waals surface area contributed by atoms with Crippen molar-refractivity contribution in [2.75, 3.05) is 0 Å². The Balaban J connectivity index is 1.15. The number of rotatable bonds is 3. The number of nitrogens with zero attached hydrogens (tertiary/aromatic N) is 3. The monoisotopic (exact) mass is 609 g/mol. The van der Waals surface area contributed by atoms with Crippen molar-refractivity contribution in [3.63, 3.8) is 0 Å². The van der Waals surface area contributed by atoms with Gasteiger partial charge in [0, 0.05) is 32.9 Å². The standard InChI is InChI=1S/C45H27N3/c46-28-29-14-15-30-16-17-33-25-35(20-21-36(33)39(30)24-29)48-43-13-7-5-11-38(43)41-27-32(19-23-45(41)48)31-18-22-44-40(26-31)37-10-4-6-12-42(37)47(44)34-8-2-1-3-9-34/h1-27H. The van der Waals surface area contributed by atoms with E-state index in [0.29, 0.717) is 5.56 Å². The van der Waals surface area contributed by atoms with Crippen molar-refractivity contribution < 1.29 is 0 Å². The van der Waals surface area contributed by atoms with Gasteiger partial charge in [0.25, 0.3) is 0 Å². The van der Waals surface area contributed by atoms with Crippen LogP contribution in [-0.4, -0.2) is 9.13 Å². The van der Waals surface area contributed by atoms with Crippen LogP contribution in [0.1, 0.15) is 5.56 Å². The number of aromatic nitrogens is 2. The Hall–Kier alpha value is -6.63. The molecule has 0 unspecified atom stereocenters. The van der Waals surface area contributed by atoms with E-state index in [0.717, 1.165) is 27.2 Å². The second kappa shape index (κ2) is 10.2. The zero-order chi connectivity index (χ0) is 31.8. The van der Waals surface area contributed by atoms with Crippen molar-refractivity contribution in [2.24, 2.45) is 0 Å². The van der Waals surface area contributed by atoms with Gasteiger partial charge in [-0.3, -0.25) is 0 Å². The summed E-state index contributed by atoms with van der Waals surface area (Å²) in [5, 5.41) is 19.0. The summed E-state index contributed by atoms with van der Waals surface area (Å²) in [5.41, 5.74) is 10.1. The first-order valence-electron chi connectivity index (χ1n) is 16.2. The van der Waals surface area contributed by atoms with E-state index in [1.54, 1.807) is 0 Å². The highest BCUT2D eigenvalue weighted by Crippen LogP contribution is 2.39. The SMILES string of the molecule is N#Cc1ccc2ccc3cc(-n4c5ccccc5c5cc(-c6ccc7c(c6)c6ccccc6n7-c6ccccc6)ccc54)ccc3c2c1. The molecule has 222 valence electrons. The number of hydrogen-bond donors (Lipinski definition) is 0. The van der Waals surface area contributed by atoms with Gasteiger partial charge in [-0.15, -0.1) is 0 Å². The van der Waals surface area contributed by atoms with Crippen LogP contribution in [0.4, 0.5) is 0 Å². The predicted octanol–water partition coefficient (Wildman–Crippen LogP) is 11.7. The molecule has 0 atom stereocenters. The number of benzene rings is 8. The number of fused-ring (bicyclic) bond motifs is 9. The quantitative estimate of drug-likeness (QED) is 0.183. The van der Waals surface area contributed by atoms with Gasteiger partial charge in [-0.05, 0) is 105 Å². The van der Waals surface area contributed by atoms with Gasteiger partial charge in [0.2, 0.25) is 0 Å². The molecule has 0 amide bonds. The third kappa shape index (κ3) is 3.87. The van der Waals surface area contributed by atoms with Gasteiger partial charge in [-0.25, -0.2) is 0 Å². The molecule has 0 aliphatic carbocycles. The van der Waals surface area contributed by atoms with Crippen LogP contribution in [0.2, 0.25) is 0 Å². The van der Waals surface area contributed by atoms with Crippen LogP contribution in [0.25, 0.3) is 87.7 Å². The van der Waals surface area contributed by atoms with Crippen molar-refractivity contribution >= 4 is 65.2 Å². The van der Waals surface area contributed by atoms with Gasteiger partial charge in [-0.2, -0.15) is 5.26 Å². The first-order chi connectivity index (χ1) is 23.7. The number of hydrogen-bond acceptors (Lipinski definition) is 1. The molecule has 10 aromatic rings. The smallest absolute Gasteiger partial charge is 0.0991 e. The highest BCUT2D eigenvalue weighted by atomic mass is 15.0. The lowest BCUT2D eigenvalue weighted by Crippen LogP contribution is -1.94. The highest BCUT2D eigenvalue weighted by Gasteiger charge is 2.16. The van der Waals surface area contributed by atoms with Crippen LogP contribution in [0.3, 0.4) is 0 Å². The summed E-state index contributed by atoms with van der Waals surface area (Å²) < 4.78 is 4.74. The summed E-state index contributed by atoms with van der Waals surface area (Å²) in [4.78, 5) is 0. The van der Waals surface area contributed by atoms with E-state index >= 15 is 0 Å². The van der Waals surface area contributed by atoms with Crippen molar-refractivity contribution in [2.45, 2.75) is 0 Å². The third-order valence-corrected chi connectivity index (χ3v) is 9.90. The van der Waals surface area contributed by atoms with Crippen LogP contribution >= 0.6 is 0 Å². The van der Waals surface area contributed by atoms with Gasteiger partial charge in [0.05, 0.1) is 33.7 Å². The minimum Gasteiger partial charge on any atom is -0.309 e. The van der Waals surface area contributed by atoms with Crippen molar-refractivity contribution in [3.05, 3.63) is 169 Å². The maximum Gasteiger partial charge on any atom is 0.0991 e. The second-order valence-corrected chi connectivity index (χ2v) is 12.5. The van der Waals surface area contributed by atoms with E-state index in [1.165, 1.54) is 60.4 Å². The number of para-hydroxylation sites is 3. The molecular weight excluding hydrogens is 583 g/mol. The van der Waals surface area contributed by atoms with Crippen LogP contribution in [0.15, 0.2) is 164 Å². The molecule has 0 N–H and O–H groups in total. The molecule has 0 radical (unpaired) electrons. The molecule has 0 aliphatic rings. The fourth-order valence-electron chi connectivity index (χ4n) is 7.69. The molecule has 3 heteroatoms. The average Bonchev–Trinajstić information content (AvgIpc) is 3.67. The Morgan fingerprint density at radius 2 is 0.917 bits per heavy atom. The fraction of sp³-hybridized carbons (Fsp3) is 0. The summed E-state index contributed by atoms with van der Waals surface area (Å²) in [7, 11) is 0. The van der Waals surface area contributed by atoms with E-state index < -0.39 is 0 Å². The maximum absolute atomic E-state index is 9.51. The molecule has 2 heterocycles. The van der Waals surface area contributed by atoms with Gasteiger partial charge < -0.3 is 9.13 Å². The minimum absolute atomic E-state index is 0.679. The lowest BCUT2D eigenvalue weighted by Gasteiger charge is -2.11. The predicted molar refractivity (Wildman–Crippen MR) is 200 cm³/mol. The molecule has 0 aliphatic heterocycles. The number of nitriles is 1. The molecule has 10 rings (SSSR count). The molecule has 0 saturated heterocycles. The molecule has 8 aromatic carbocycles. The van der Waals surface area contributed by atoms with Gasteiger partial charge in [0.15, 0.2) is 0 Å². The van der Waals surface area contributed by atoms with E-state index in [1.807, 2.05) is 18.2 Å². The zero-order valence-electron chi connectivity index (χ0n) is 25.9. The molecule has 2 aromatic heterocycles. The molecule has 3 nitrogen and oxygen atoms in total. The van der Waals surface area contributed by atoms with E-state index in [2.05, 4.69) is 161 Å². The van der Waals surface area contributed by atoms with Crippen LogP contribution in [-0.2, 0) is 0 Å². The lowest BCUT2D eigenvalue weighted by atomic mass is 9.99. The normalized spacial score (nSPS) is 11.7. The molecule has 48 heavy (non-hydrogen) atoms. The van der Waals surface area contributed by atoms with E-state index in [4.69, 9.17) is 0 Å². The first-order valence-corrected chi connectivity index (χ1v) is 16.2. The summed E-state index contributed by atoms with van der Waals surface area (Å²) in [6.45, 7) is 0. The highest BCUT2D eigenvalue weighted by molar-refractivity contribution is 6.13. The minimum atomic E-state index is 0.679. The molecule has 0 bridgehead atoms. The zero-order valence-corrected chi connectivity index (χ0v) is 25.9. The molecular formula is C45H27N3. The van der Waals surface area contributed by atoms with E-state index in [-0.39, 0.29) is 0 Å². The van der Waals surface area contributed by atoms with Crippen molar-refractivity contribution in [3.8, 4) is 28.6 Å². The largest absolute Gasteiger partial charge is 0.309 e. The fourth-order valence-corrected chi connectivity index (χ4v) is 7.69. The average molecular weight is 610 g/mol. The van der Waals surface area contributed by atoms with Gasteiger partial charge >= 0.3 is 0 Å². The Morgan fingerprint density at radius 1 is 0.354 bits per heavy atom. The van der Waals surface area contributed by atoms with Crippen molar-refractivity contribution in [1.82, 2.24) is 9.13 Å². The molecule has 0 fully saturated rings. The molecule has 0 saturated carbocycles. The summed E-state index contributed by atoms with van der Waals surface area (Å²) in [5.74, 6) is 0. The third-order valence-electron chi connectivity index (χ3n) is 9.90. The molecule has 0 spiro atoms. The topological polar surface area (TPSA) is 33.6 Å². The van der Waals surface area contributed by atoms with E-state index in [9.17, 15) is 5.26 Å². The van der Waals surface area contributed by atoms with Crippen LogP contribution in [0, 0.1) is 11.3 Å². The van der Waals surface area contributed by atoms with Crippen molar-refractivity contribution in [1.29, 1.82) is 5.26 Å².